The Morgan fingerprint density at radius 1 is 1.12 bits per heavy atom. The molecule has 0 radical (unpaired) electrons. The van der Waals surface area contributed by atoms with Gasteiger partial charge in [0.2, 0.25) is 11.8 Å². The van der Waals surface area contributed by atoms with Crippen LogP contribution in [0.25, 0.3) is 11.3 Å². The van der Waals surface area contributed by atoms with Gasteiger partial charge in [0.25, 0.3) is 0 Å². The largest absolute Gasteiger partial charge is 0.473 e. The van der Waals surface area contributed by atoms with E-state index in [2.05, 4.69) is 41.5 Å². The van der Waals surface area contributed by atoms with Crippen LogP contribution in [0.2, 0.25) is 0 Å². The molecule has 1 aliphatic carbocycles. The number of fused-ring (bicyclic) bond motifs is 1. The van der Waals surface area contributed by atoms with Crippen molar-refractivity contribution in [2.75, 3.05) is 18.4 Å². The van der Waals surface area contributed by atoms with Gasteiger partial charge < -0.3 is 10.1 Å². The Labute approximate surface area is 166 Å². The third kappa shape index (κ3) is 3.98. The fourth-order valence-electron chi connectivity index (χ4n) is 3.92. The monoisotopic (exact) mass is 464 g/mol. The third-order valence-corrected chi connectivity index (χ3v) is 5.88. The first-order chi connectivity index (χ1) is 12.6. The number of nitrogens with zero attached hydrogens (tertiary/aromatic N) is 3. The Hall–Kier alpha value is -1.74. The zero-order valence-corrected chi connectivity index (χ0v) is 16.7. The number of nitrogens with one attached hydrogen (secondary N) is 1. The average molecular weight is 464 g/mol. The van der Waals surface area contributed by atoms with Gasteiger partial charge in [-0.1, -0.05) is 12.1 Å². The first kappa shape index (κ1) is 17.7. The van der Waals surface area contributed by atoms with Gasteiger partial charge in [0.1, 0.15) is 6.10 Å². The number of benzene rings is 1. The van der Waals surface area contributed by atoms with Crippen molar-refractivity contribution >= 4 is 34.5 Å². The molecule has 1 saturated heterocycles. The molecule has 26 heavy (non-hydrogen) atoms. The molecule has 6 nitrogen and oxygen atoms in total. The summed E-state index contributed by atoms with van der Waals surface area (Å²) in [7, 11) is 0. The highest BCUT2D eigenvalue weighted by molar-refractivity contribution is 14.1. The van der Waals surface area contributed by atoms with Crippen molar-refractivity contribution in [1.29, 1.82) is 0 Å². The van der Waals surface area contributed by atoms with Crippen LogP contribution >= 0.6 is 22.9 Å². The Morgan fingerprint density at radius 3 is 2.38 bits per heavy atom. The molecule has 136 valence electrons. The highest BCUT2D eigenvalue weighted by Gasteiger charge is 2.41. The summed E-state index contributed by atoms with van der Waals surface area (Å²) in [5, 5.41) is 11.3. The average Bonchev–Trinajstić information content (AvgIpc) is 3.12. The minimum Gasteiger partial charge on any atom is -0.473 e. The number of amides is 1. The first-order valence-electron chi connectivity index (χ1n) is 8.86. The molecule has 1 aromatic carbocycles. The van der Waals surface area contributed by atoms with Gasteiger partial charge in [0.05, 0.1) is 5.69 Å². The number of ether oxygens (including phenoxy) is 1. The zero-order valence-electron chi connectivity index (χ0n) is 14.6. The van der Waals surface area contributed by atoms with Crippen molar-refractivity contribution in [2.24, 2.45) is 11.8 Å². The number of carbonyl (C=O) groups excluding carboxylic acids is 1. The van der Waals surface area contributed by atoms with Crippen molar-refractivity contribution in [2.45, 2.75) is 25.9 Å². The zero-order chi connectivity index (χ0) is 18.1. The highest BCUT2D eigenvalue weighted by Crippen LogP contribution is 2.40. The second kappa shape index (κ2) is 7.48. The quantitative estimate of drug-likeness (QED) is 0.554. The molecular weight excluding hydrogens is 443 g/mol. The van der Waals surface area contributed by atoms with E-state index in [-0.39, 0.29) is 12.0 Å². The summed E-state index contributed by atoms with van der Waals surface area (Å²) in [5.74, 6) is 2.03. The number of rotatable bonds is 4. The standard InChI is InChI=1S/C19H21IN4O2/c1-12(25)21-16-4-2-13(3-5-16)18-6-7-19(23-22-18)26-17-8-14-10-24(20)11-15(14)9-17/h2-7,14-15,17H,8-11H2,1H3,(H,21,25)/t14-,15?,17?/m1/s1. The van der Waals surface area contributed by atoms with Crippen LogP contribution in [0.3, 0.4) is 0 Å². The summed E-state index contributed by atoms with van der Waals surface area (Å²) in [6.07, 6.45) is 2.48. The van der Waals surface area contributed by atoms with E-state index in [0.717, 1.165) is 41.6 Å². The van der Waals surface area contributed by atoms with Crippen molar-refractivity contribution in [1.82, 2.24) is 13.3 Å². The van der Waals surface area contributed by atoms with Crippen LogP contribution in [-0.4, -0.2) is 38.4 Å². The fourth-order valence-corrected chi connectivity index (χ4v) is 4.93. The van der Waals surface area contributed by atoms with Crippen LogP contribution in [0.5, 0.6) is 5.88 Å². The van der Waals surface area contributed by atoms with Crippen molar-refractivity contribution in [3.05, 3.63) is 36.4 Å². The molecule has 1 N–H and O–H groups in total. The molecule has 1 saturated carbocycles. The van der Waals surface area contributed by atoms with E-state index < -0.39 is 0 Å². The molecule has 4 rings (SSSR count). The summed E-state index contributed by atoms with van der Waals surface area (Å²) in [6, 6.07) is 11.4. The summed E-state index contributed by atoms with van der Waals surface area (Å²) in [6.45, 7) is 3.84. The molecule has 1 amide bonds. The minimum absolute atomic E-state index is 0.0821. The smallest absolute Gasteiger partial charge is 0.233 e. The van der Waals surface area contributed by atoms with Crippen molar-refractivity contribution in [3.8, 4) is 17.1 Å². The van der Waals surface area contributed by atoms with Crippen LogP contribution in [0, 0.1) is 11.8 Å². The molecule has 2 fully saturated rings. The predicted octanol–water partition coefficient (Wildman–Crippen LogP) is 3.54. The topological polar surface area (TPSA) is 67.3 Å². The highest BCUT2D eigenvalue weighted by atomic mass is 127. The van der Waals surface area contributed by atoms with Gasteiger partial charge in [-0.25, -0.2) is 3.11 Å². The maximum atomic E-state index is 11.1. The normalized spacial score (nSPS) is 25.1. The fraction of sp³-hybridized carbons (Fsp3) is 0.421. The van der Waals surface area contributed by atoms with E-state index in [1.807, 2.05) is 36.4 Å². The molecule has 2 aliphatic rings. The van der Waals surface area contributed by atoms with Crippen LogP contribution in [0.15, 0.2) is 36.4 Å². The predicted molar refractivity (Wildman–Crippen MR) is 108 cm³/mol. The minimum atomic E-state index is -0.0821. The number of anilines is 1. The van der Waals surface area contributed by atoms with Gasteiger partial charge >= 0.3 is 0 Å². The van der Waals surface area contributed by atoms with Gasteiger partial charge in [-0.3, -0.25) is 4.79 Å². The Kier molecular flexibility index (Phi) is 5.08. The van der Waals surface area contributed by atoms with E-state index in [1.54, 1.807) is 0 Å². The summed E-state index contributed by atoms with van der Waals surface area (Å²) in [5.41, 5.74) is 2.51. The third-order valence-electron chi connectivity index (χ3n) is 5.09. The van der Waals surface area contributed by atoms with Gasteiger partial charge in [-0.05, 0) is 42.9 Å². The Bertz CT molecular complexity index is 767. The van der Waals surface area contributed by atoms with Crippen molar-refractivity contribution < 1.29 is 9.53 Å². The van der Waals surface area contributed by atoms with Crippen LogP contribution in [0.4, 0.5) is 5.69 Å². The van der Waals surface area contributed by atoms with Crippen molar-refractivity contribution in [3.63, 3.8) is 0 Å². The number of hydrogen-bond donors (Lipinski definition) is 1. The van der Waals surface area contributed by atoms with Crippen LogP contribution < -0.4 is 10.1 Å². The molecule has 0 bridgehead atoms. The van der Waals surface area contributed by atoms with Gasteiger partial charge in [-0.15, -0.1) is 10.2 Å². The number of carbonyl (C=O) groups is 1. The lowest BCUT2D eigenvalue weighted by Gasteiger charge is -2.15. The lowest BCUT2D eigenvalue weighted by molar-refractivity contribution is -0.114. The SMILES string of the molecule is CC(=O)Nc1ccc(-c2ccc(OC3CC4CN(I)C[C@H]4C3)nn2)cc1. The van der Waals surface area contributed by atoms with Crippen LogP contribution in [0.1, 0.15) is 19.8 Å². The number of halogens is 1. The lowest BCUT2D eigenvalue weighted by atomic mass is 10.0. The lowest BCUT2D eigenvalue weighted by Crippen LogP contribution is -2.18. The second-order valence-corrected chi connectivity index (χ2v) is 8.44. The van der Waals surface area contributed by atoms with Gasteiger partial charge in [0, 0.05) is 60.2 Å². The maximum Gasteiger partial charge on any atom is 0.233 e. The summed E-state index contributed by atoms with van der Waals surface area (Å²) >= 11 is 2.42. The maximum absolute atomic E-state index is 11.1. The molecule has 1 aliphatic heterocycles. The molecule has 2 aromatic rings. The van der Waals surface area contributed by atoms with Crippen LogP contribution in [-0.2, 0) is 4.79 Å². The van der Waals surface area contributed by atoms with E-state index in [9.17, 15) is 4.79 Å². The number of hydrogen-bond acceptors (Lipinski definition) is 5. The van der Waals surface area contributed by atoms with E-state index in [1.165, 1.54) is 20.0 Å². The number of aromatic nitrogens is 2. The summed E-state index contributed by atoms with van der Waals surface area (Å²) < 4.78 is 8.44. The molecule has 1 aromatic heterocycles. The summed E-state index contributed by atoms with van der Waals surface area (Å²) in [4.78, 5) is 11.1. The molecule has 0 spiro atoms. The molecule has 3 atom stereocenters. The molecule has 2 heterocycles. The van der Waals surface area contributed by atoms with Gasteiger partial charge in [-0.2, -0.15) is 0 Å². The van der Waals surface area contributed by atoms with Gasteiger partial charge in [0.15, 0.2) is 0 Å². The first-order valence-corrected chi connectivity index (χ1v) is 9.82. The van der Waals surface area contributed by atoms with E-state index >= 15 is 0 Å². The molecular formula is C19H21IN4O2. The molecule has 7 heteroatoms. The van der Waals surface area contributed by atoms with E-state index in [0.29, 0.717) is 5.88 Å². The Balaban J connectivity index is 1.37. The second-order valence-electron chi connectivity index (χ2n) is 7.07. The molecule has 2 unspecified atom stereocenters. The Morgan fingerprint density at radius 2 is 1.81 bits per heavy atom. The van der Waals surface area contributed by atoms with E-state index in [4.69, 9.17) is 4.74 Å².